The second-order valence-electron chi connectivity index (χ2n) is 4.50. The molecule has 0 saturated heterocycles. The van der Waals surface area contributed by atoms with Crippen molar-refractivity contribution in [1.29, 1.82) is 0 Å². The van der Waals surface area contributed by atoms with Crippen molar-refractivity contribution in [3.8, 4) is 11.4 Å². The average Bonchev–Trinajstić information content (AvgIpc) is 2.47. The van der Waals surface area contributed by atoms with Crippen LogP contribution < -0.4 is 5.32 Å². The van der Waals surface area contributed by atoms with Crippen LogP contribution in [0.5, 0.6) is 0 Å². The fourth-order valence-corrected chi connectivity index (χ4v) is 2.21. The van der Waals surface area contributed by atoms with Gasteiger partial charge in [-0.3, -0.25) is 14.8 Å². The number of carbonyl (C=O) groups is 1. The van der Waals surface area contributed by atoms with Crippen LogP contribution in [0.2, 0.25) is 0 Å². The van der Waals surface area contributed by atoms with Gasteiger partial charge in [0, 0.05) is 25.2 Å². The quantitative estimate of drug-likeness (QED) is 0.887. The molecular weight excluding hydrogens is 290 g/mol. The Labute approximate surface area is 123 Å². The molecule has 0 fully saturated rings. The van der Waals surface area contributed by atoms with Crippen molar-refractivity contribution in [3.05, 3.63) is 48.3 Å². The van der Waals surface area contributed by atoms with Crippen LogP contribution >= 0.6 is 0 Å². The lowest BCUT2D eigenvalue weighted by Gasteiger charge is -2.08. The summed E-state index contributed by atoms with van der Waals surface area (Å²) in [7, 11) is -3.11. The molecule has 110 valence electrons. The van der Waals surface area contributed by atoms with Gasteiger partial charge < -0.3 is 5.32 Å². The minimum absolute atomic E-state index is 0.0637. The number of pyridine rings is 2. The molecule has 0 saturated carbocycles. The molecule has 0 radical (unpaired) electrons. The van der Waals surface area contributed by atoms with Crippen LogP contribution in [-0.4, -0.2) is 42.8 Å². The van der Waals surface area contributed by atoms with E-state index in [2.05, 4.69) is 15.3 Å². The Morgan fingerprint density at radius 2 is 1.90 bits per heavy atom. The Morgan fingerprint density at radius 1 is 1.14 bits per heavy atom. The summed E-state index contributed by atoms with van der Waals surface area (Å²) in [6.07, 6.45) is 4.33. The van der Waals surface area contributed by atoms with Crippen molar-refractivity contribution in [2.75, 3.05) is 18.6 Å². The predicted molar refractivity (Wildman–Crippen MR) is 79.5 cm³/mol. The van der Waals surface area contributed by atoms with Crippen LogP contribution in [0.1, 0.15) is 10.4 Å². The lowest BCUT2D eigenvalue weighted by atomic mass is 10.1. The molecule has 2 rings (SSSR count). The Hall–Kier alpha value is -2.28. The molecule has 0 bridgehead atoms. The number of nitrogens with one attached hydrogen (secondary N) is 1. The number of sulfone groups is 1. The summed E-state index contributed by atoms with van der Waals surface area (Å²) in [4.78, 5) is 20.5. The van der Waals surface area contributed by atoms with E-state index in [0.717, 1.165) is 6.26 Å². The number of aromatic nitrogens is 2. The van der Waals surface area contributed by atoms with Crippen LogP contribution in [0.3, 0.4) is 0 Å². The van der Waals surface area contributed by atoms with Crippen LogP contribution in [0.4, 0.5) is 0 Å². The normalized spacial score (nSPS) is 11.1. The molecule has 0 spiro atoms. The monoisotopic (exact) mass is 305 g/mol. The number of hydrogen-bond acceptors (Lipinski definition) is 5. The molecule has 0 atom stereocenters. The topological polar surface area (TPSA) is 89.0 Å². The van der Waals surface area contributed by atoms with E-state index in [1.165, 1.54) is 0 Å². The van der Waals surface area contributed by atoms with Crippen molar-refractivity contribution in [1.82, 2.24) is 15.3 Å². The van der Waals surface area contributed by atoms with E-state index in [4.69, 9.17) is 0 Å². The van der Waals surface area contributed by atoms with Crippen molar-refractivity contribution < 1.29 is 13.2 Å². The third kappa shape index (κ3) is 4.35. The van der Waals surface area contributed by atoms with Crippen molar-refractivity contribution in [2.24, 2.45) is 0 Å². The van der Waals surface area contributed by atoms with Crippen molar-refractivity contribution in [2.45, 2.75) is 0 Å². The van der Waals surface area contributed by atoms with Gasteiger partial charge in [0.1, 0.15) is 15.5 Å². The van der Waals surface area contributed by atoms with Gasteiger partial charge in [0.15, 0.2) is 0 Å². The van der Waals surface area contributed by atoms with Crippen LogP contribution in [0.15, 0.2) is 42.7 Å². The molecule has 2 heterocycles. The second-order valence-corrected chi connectivity index (χ2v) is 6.76. The molecule has 2 aromatic rings. The van der Waals surface area contributed by atoms with Gasteiger partial charge in [-0.1, -0.05) is 6.07 Å². The first-order chi connectivity index (χ1) is 9.97. The molecule has 0 unspecified atom stereocenters. The molecule has 21 heavy (non-hydrogen) atoms. The largest absolute Gasteiger partial charge is 0.351 e. The summed E-state index contributed by atoms with van der Waals surface area (Å²) >= 11 is 0. The summed E-state index contributed by atoms with van der Waals surface area (Å²) in [6, 6.07) is 8.63. The van der Waals surface area contributed by atoms with Gasteiger partial charge in [0.05, 0.1) is 17.0 Å². The smallest absolute Gasteiger partial charge is 0.253 e. The molecule has 0 aliphatic rings. The Balaban J connectivity index is 2.19. The summed E-state index contributed by atoms with van der Waals surface area (Å²) in [5.74, 6) is -0.467. The number of carbonyl (C=O) groups excluding carboxylic acids is 1. The zero-order chi connectivity index (χ0) is 15.3. The first kappa shape index (κ1) is 15.1. The summed E-state index contributed by atoms with van der Waals surface area (Å²) in [6.45, 7) is 0.0637. The maximum Gasteiger partial charge on any atom is 0.253 e. The highest BCUT2D eigenvalue weighted by molar-refractivity contribution is 7.90. The van der Waals surface area contributed by atoms with Crippen LogP contribution in [-0.2, 0) is 9.84 Å². The summed E-state index contributed by atoms with van der Waals surface area (Å²) < 4.78 is 22.1. The van der Waals surface area contributed by atoms with Crippen molar-refractivity contribution in [3.63, 3.8) is 0 Å². The highest BCUT2D eigenvalue weighted by Crippen LogP contribution is 2.18. The van der Waals surface area contributed by atoms with Gasteiger partial charge in [-0.05, 0) is 24.3 Å². The first-order valence-electron chi connectivity index (χ1n) is 6.30. The lowest BCUT2D eigenvalue weighted by Crippen LogP contribution is -2.29. The van der Waals surface area contributed by atoms with E-state index in [1.807, 2.05) is 6.07 Å². The fourth-order valence-electron chi connectivity index (χ4n) is 1.74. The highest BCUT2D eigenvalue weighted by Gasteiger charge is 2.14. The van der Waals surface area contributed by atoms with Gasteiger partial charge in [-0.25, -0.2) is 8.42 Å². The third-order valence-corrected chi connectivity index (χ3v) is 3.66. The van der Waals surface area contributed by atoms with E-state index in [1.54, 1.807) is 36.7 Å². The Kier molecular flexibility index (Phi) is 4.64. The zero-order valence-corrected chi connectivity index (χ0v) is 12.3. The van der Waals surface area contributed by atoms with Gasteiger partial charge in [-0.15, -0.1) is 0 Å². The molecule has 7 heteroatoms. The molecule has 0 aliphatic heterocycles. The summed E-state index contributed by atoms with van der Waals surface area (Å²) in [5, 5.41) is 2.58. The predicted octanol–water partition coefficient (Wildman–Crippen LogP) is 0.918. The number of hydrogen-bond donors (Lipinski definition) is 1. The minimum atomic E-state index is -3.11. The fraction of sp³-hybridized carbons (Fsp3) is 0.214. The second kappa shape index (κ2) is 6.45. The maximum atomic E-state index is 12.2. The van der Waals surface area contributed by atoms with Crippen molar-refractivity contribution >= 4 is 15.7 Å². The van der Waals surface area contributed by atoms with E-state index < -0.39 is 9.84 Å². The number of nitrogens with zero attached hydrogens (tertiary/aromatic N) is 2. The molecule has 1 amide bonds. The van der Waals surface area contributed by atoms with Crippen LogP contribution in [0, 0.1) is 0 Å². The Bertz CT molecular complexity index is 730. The third-order valence-electron chi connectivity index (χ3n) is 2.72. The van der Waals surface area contributed by atoms with E-state index >= 15 is 0 Å². The van der Waals surface area contributed by atoms with E-state index in [0.29, 0.717) is 17.0 Å². The number of amides is 1. The molecule has 0 aromatic carbocycles. The molecule has 1 N–H and O–H groups in total. The Morgan fingerprint density at radius 3 is 2.57 bits per heavy atom. The lowest BCUT2D eigenvalue weighted by molar-refractivity contribution is 0.0956. The summed E-state index contributed by atoms with van der Waals surface area (Å²) in [5.41, 5.74) is 1.42. The van der Waals surface area contributed by atoms with Gasteiger partial charge >= 0.3 is 0 Å². The van der Waals surface area contributed by atoms with E-state index in [9.17, 15) is 13.2 Å². The van der Waals surface area contributed by atoms with Crippen LogP contribution in [0.25, 0.3) is 11.4 Å². The minimum Gasteiger partial charge on any atom is -0.351 e. The SMILES string of the molecule is CS(=O)(=O)CCNC(=O)c1cccnc1-c1ccccn1. The van der Waals surface area contributed by atoms with Gasteiger partial charge in [0.2, 0.25) is 0 Å². The molecule has 2 aromatic heterocycles. The van der Waals surface area contributed by atoms with Gasteiger partial charge in [0.25, 0.3) is 5.91 Å². The maximum absolute atomic E-state index is 12.2. The first-order valence-corrected chi connectivity index (χ1v) is 8.36. The zero-order valence-electron chi connectivity index (χ0n) is 11.5. The standard InChI is InChI=1S/C14H15N3O3S/c1-21(19,20)10-9-17-14(18)11-5-4-8-16-13(11)12-6-2-3-7-15-12/h2-8H,9-10H2,1H3,(H,17,18). The average molecular weight is 305 g/mol. The highest BCUT2D eigenvalue weighted by atomic mass is 32.2. The van der Waals surface area contributed by atoms with E-state index in [-0.39, 0.29) is 18.2 Å². The molecule has 6 nitrogen and oxygen atoms in total. The molecule has 0 aliphatic carbocycles. The molecular formula is C14H15N3O3S. The number of rotatable bonds is 5. The van der Waals surface area contributed by atoms with Gasteiger partial charge in [-0.2, -0.15) is 0 Å².